The third-order valence-corrected chi connectivity index (χ3v) is 2.52. The predicted octanol–water partition coefficient (Wildman–Crippen LogP) is 2.12. The molecule has 0 saturated carbocycles. The standard InChI is InChI=1S/C13H18FNO3/c14-10-5-6-11(12(15)9-10)13(17)18-8-4-2-1-3-7-16/h5-6,9,16H,1-4,7-8,15H2. The zero-order chi connectivity index (χ0) is 13.4. The topological polar surface area (TPSA) is 72.6 Å². The summed E-state index contributed by atoms with van der Waals surface area (Å²) in [5.74, 6) is -1.01. The molecule has 1 rings (SSSR count). The fourth-order valence-electron chi connectivity index (χ4n) is 1.53. The number of rotatable bonds is 7. The van der Waals surface area contributed by atoms with Gasteiger partial charge in [-0.2, -0.15) is 0 Å². The monoisotopic (exact) mass is 255 g/mol. The lowest BCUT2D eigenvalue weighted by Crippen LogP contribution is -2.09. The number of halogens is 1. The number of esters is 1. The first-order chi connectivity index (χ1) is 8.65. The van der Waals surface area contributed by atoms with Gasteiger partial charge >= 0.3 is 5.97 Å². The van der Waals surface area contributed by atoms with E-state index in [4.69, 9.17) is 15.6 Å². The van der Waals surface area contributed by atoms with Crippen LogP contribution in [0.3, 0.4) is 0 Å². The molecule has 18 heavy (non-hydrogen) atoms. The number of aliphatic hydroxyl groups is 1. The van der Waals surface area contributed by atoms with Gasteiger partial charge in [-0.3, -0.25) is 0 Å². The van der Waals surface area contributed by atoms with Crippen LogP contribution < -0.4 is 5.73 Å². The van der Waals surface area contributed by atoms with Gasteiger partial charge in [0.15, 0.2) is 0 Å². The Labute approximate surface area is 106 Å². The van der Waals surface area contributed by atoms with Crippen LogP contribution in [0, 0.1) is 5.82 Å². The molecule has 4 nitrogen and oxygen atoms in total. The smallest absolute Gasteiger partial charge is 0.340 e. The number of carbonyl (C=O) groups excluding carboxylic acids is 1. The van der Waals surface area contributed by atoms with Gasteiger partial charge in [-0.05, 0) is 37.5 Å². The third kappa shape index (κ3) is 4.71. The van der Waals surface area contributed by atoms with E-state index in [0.717, 1.165) is 31.7 Å². The average Bonchev–Trinajstić information content (AvgIpc) is 2.33. The van der Waals surface area contributed by atoms with Gasteiger partial charge < -0.3 is 15.6 Å². The Morgan fingerprint density at radius 2 is 2.00 bits per heavy atom. The van der Waals surface area contributed by atoms with Crippen molar-refractivity contribution in [2.24, 2.45) is 0 Å². The van der Waals surface area contributed by atoms with Crippen LogP contribution in [0.25, 0.3) is 0 Å². The van der Waals surface area contributed by atoms with Crippen LogP contribution in [0.5, 0.6) is 0 Å². The molecule has 1 aromatic carbocycles. The molecule has 100 valence electrons. The number of nitrogens with two attached hydrogens (primary N) is 1. The minimum Gasteiger partial charge on any atom is -0.462 e. The zero-order valence-corrected chi connectivity index (χ0v) is 10.2. The quantitative estimate of drug-likeness (QED) is 0.444. The van der Waals surface area contributed by atoms with E-state index in [9.17, 15) is 9.18 Å². The van der Waals surface area contributed by atoms with Crippen LogP contribution in [0.4, 0.5) is 10.1 Å². The molecule has 0 aliphatic rings. The van der Waals surface area contributed by atoms with Crippen molar-refractivity contribution >= 4 is 11.7 Å². The Morgan fingerprint density at radius 1 is 1.28 bits per heavy atom. The lowest BCUT2D eigenvalue weighted by Gasteiger charge is -2.06. The lowest BCUT2D eigenvalue weighted by atomic mass is 10.2. The molecule has 0 radical (unpaired) electrons. The van der Waals surface area contributed by atoms with Gasteiger partial charge in [-0.15, -0.1) is 0 Å². The molecule has 0 unspecified atom stereocenters. The summed E-state index contributed by atoms with van der Waals surface area (Å²) >= 11 is 0. The maximum absolute atomic E-state index is 12.8. The van der Waals surface area contributed by atoms with Crippen LogP contribution in [0.1, 0.15) is 36.0 Å². The Kier molecular flexibility index (Phi) is 6.14. The molecule has 0 bridgehead atoms. The summed E-state index contributed by atoms with van der Waals surface area (Å²) in [7, 11) is 0. The van der Waals surface area contributed by atoms with Crippen molar-refractivity contribution in [2.45, 2.75) is 25.7 Å². The summed E-state index contributed by atoms with van der Waals surface area (Å²) in [6.07, 6.45) is 3.31. The first-order valence-electron chi connectivity index (χ1n) is 5.98. The number of hydrogen-bond donors (Lipinski definition) is 2. The number of hydrogen-bond acceptors (Lipinski definition) is 4. The fourth-order valence-corrected chi connectivity index (χ4v) is 1.53. The highest BCUT2D eigenvalue weighted by molar-refractivity contribution is 5.94. The van der Waals surface area contributed by atoms with Crippen LogP contribution in [-0.2, 0) is 4.74 Å². The van der Waals surface area contributed by atoms with Crippen LogP contribution in [0.2, 0.25) is 0 Å². The SMILES string of the molecule is Nc1cc(F)ccc1C(=O)OCCCCCCO. The van der Waals surface area contributed by atoms with Crippen LogP contribution >= 0.6 is 0 Å². The summed E-state index contributed by atoms with van der Waals surface area (Å²) in [6.45, 7) is 0.493. The predicted molar refractivity (Wildman–Crippen MR) is 66.6 cm³/mol. The van der Waals surface area contributed by atoms with Crippen molar-refractivity contribution in [3.63, 3.8) is 0 Å². The normalized spacial score (nSPS) is 10.3. The van der Waals surface area contributed by atoms with Gasteiger partial charge in [0.2, 0.25) is 0 Å². The van der Waals surface area contributed by atoms with E-state index in [1.54, 1.807) is 0 Å². The number of carbonyl (C=O) groups is 1. The second-order valence-corrected chi connectivity index (χ2v) is 4.01. The fraction of sp³-hybridized carbons (Fsp3) is 0.462. The van der Waals surface area contributed by atoms with Crippen LogP contribution in [-0.4, -0.2) is 24.3 Å². The second kappa shape index (κ2) is 7.66. The molecule has 0 aromatic heterocycles. The van der Waals surface area contributed by atoms with E-state index in [-0.39, 0.29) is 17.9 Å². The molecule has 3 N–H and O–H groups in total. The van der Waals surface area contributed by atoms with Crippen molar-refractivity contribution in [3.05, 3.63) is 29.6 Å². The van der Waals surface area contributed by atoms with Crippen LogP contribution in [0.15, 0.2) is 18.2 Å². The lowest BCUT2D eigenvalue weighted by molar-refractivity contribution is 0.0498. The molecule has 0 aliphatic carbocycles. The van der Waals surface area contributed by atoms with Crippen molar-refractivity contribution < 1.29 is 19.0 Å². The summed E-state index contributed by atoms with van der Waals surface area (Å²) in [5, 5.41) is 8.58. The first kappa shape index (κ1) is 14.4. The highest BCUT2D eigenvalue weighted by atomic mass is 19.1. The van der Waals surface area contributed by atoms with E-state index in [2.05, 4.69) is 0 Å². The largest absolute Gasteiger partial charge is 0.462 e. The second-order valence-electron chi connectivity index (χ2n) is 4.01. The number of nitrogen functional groups attached to an aromatic ring is 1. The van der Waals surface area contributed by atoms with Crippen molar-refractivity contribution in [3.8, 4) is 0 Å². The first-order valence-corrected chi connectivity index (χ1v) is 5.98. The molecular weight excluding hydrogens is 237 g/mol. The van der Waals surface area contributed by atoms with E-state index in [1.165, 1.54) is 12.1 Å². The highest BCUT2D eigenvalue weighted by Crippen LogP contribution is 2.14. The molecule has 0 heterocycles. The van der Waals surface area contributed by atoms with Gasteiger partial charge in [0.05, 0.1) is 12.2 Å². The molecule has 5 heteroatoms. The Bertz CT molecular complexity index is 396. The van der Waals surface area contributed by atoms with E-state index in [1.807, 2.05) is 0 Å². The minimum atomic E-state index is -0.533. The van der Waals surface area contributed by atoms with E-state index < -0.39 is 11.8 Å². The summed E-state index contributed by atoms with van der Waals surface area (Å²) in [5.41, 5.74) is 5.79. The summed E-state index contributed by atoms with van der Waals surface area (Å²) < 4.78 is 17.8. The average molecular weight is 255 g/mol. The van der Waals surface area contributed by atoms with Crippen molar-refractivity contribution in [1.82, 2.24) is 0 Å². The molecule has 0 fully saturated rings. The Hall–Kier alpha value is -1.62. The van der Waals surface area contributed by atoms with Crippen molar-refractivity contribution in [2.75, 3.05) is 18.9 Å². The summed E-state index contributed by atoms with van der Waals surface area (Å²) in [6, 6.07) is 3.59. The Balaban J connectivity index is 2.32. The molecule has 0 aliphatic heterocycles. The number of ether oxygens (including phenoxy) is 1. The summed E-state index contributed by atoms with van der Waals surface area (Å²) in [4.78, 5) is 11.6. The number of anilines is 1. The van der Waals surface area contributed by atoms with E-state index in [0.29, 0.717) is 6.61 Å². The van der Waals surface area contributed by atoms with E-state index >= 15 is 0 Å². The van der Waals surface area contributed by atoms with Gasteiger partial charge in [-0.25, -0.2) is 9.18 Å². The maximum Gasteiger partial charge on any atom is 0.340 e. The maximum atomic E-state index is 12.8. The highest BCUT2D eigenvalue weighted by Gasteiger charge is 2.11. The number of unbranched alkanes of at least 4 members (excludes halogenated alkanes) is 3. The number of aliphatic hydroxyl groups excluding tert-OH is 1. The zero-order valence-electron chi connectivity index (χ0n) is 10.2. The molecular formula is C13H18FNO3. The van der Waals surface area contributed by atoms with Gasteiger partial charge in [0.1, 0.15) is 5.82 Å². The minimum absolute atomic E-state index is 0.0836. The van der Waals surface area contributed by atoms with Crippen molar-refractivity contribution in [1.29, 1.82) is 0 Å². The Morgan fingerprint density at radius 3 is 2.67 bits per heavy atom. The molecule has 0 amide bonds. The third-order valence-electron chi connectivity index (χ3n) is 2.52. The molecule has 0 spiro atoms. The van der Waals surface area contributed by atoms with Gasteiger partial charge in [0, 0.05) is 12.3 Å². The van der Waals surface area contributed by atoms with Gasteiger partial charge in [0.25, 0.3) is 0 Å². The molecule has 0 saturated heterocycles. The van der Waals surface area contributed by atoms with Gasteiger partial charge in [-0.1, -0.05) is 6.42 Å². The molecule has 0 atom stereocenters. The number of benzene rings is 1. The molecule has 1 aromatic rings.